The van der Waals surface area contributed by atoms with Crippen LogP contribution in [-0.2, 0) is 23.7 Å². The van der Waals surface area contributed by atoms with E-state index in [0.29, 0.717) is 37.2 Å². The van der Waals surface area contributed by atoms with Gasteiger partial charge in [0.1, 0.15) is 24.4 Å². The summed E-state index contributed by atoms with van der Waals surface area (Å²) in [7, 11) is 0. The Kier molecular flexibility index (Phi) is 12.0. The van der Waals surface area contributed by atoms with Crippen molar-refractivity contribution in [2.45, 2.75) is 44.0 Å². The highest BCUT2D eigenvalue weighted by atomic mass is 32.1. The highest BCUT2D eigenvalue weighted by Crippen LogP contribution is 2.31. The molecule has 1 aliphatic rings. The van der Waals surface area contributed by atoms with E-state index in [4.69, 9.17) is 36.9 Å². The lowest BCUT2D eigenvalue weighted by Gasteiger charge is -2.48. The van der Waals surface area contributed by atoms with Gasteiger partial charge in [0.05, 0.1) is 39.6 Å². The Morgan fingerprint density at radius 3 is 2.37 bits per heavy atom. The van der Waals surface area contributed by atoms with Crippen molar-refractivity contribution in [3.8, 4) is 0 Å². The zero-order valence-electron chi connectivity index (χ0n) is 19.9. The molecule has 1 aliphatic heterocycles. The molecule has 0 bridgehead atoms. The molecule has 1 aromatic carbocycles. The van der Waals surface area contributed by atoms with Crippen molar-refractivity contribution in [2.24, 2.45) is 0 Å². The summed E-state index contributed by atoms with van der Waals surface area (Å²) in [6.45, 7) is 4.19. The second-order valence-electron chi connectivity index (χ2n) is 8.09. The van der Waals surface area contributed by atoms with E-state index < -0.39 is 42.7 Å². The predicted molar refractivity (Wildman–Crippen MR) is 133 cm³/mol. The summed E-state index contributed by atoms with van der Waals surface area (Å²) in [4.78, 5) is 11.5. The number of hydrogen-bond donors (Lipinski definition) is 7. The van der Waals surface area contributed by atoms with E-state index in [1.165, 1.54) is 13.8 Å². The Bertz CT molecular complexity index is 802. The number of carbonyl (C=O) groups is 1. The van der Waals surface area contributed by atoms with Gasteiger partial charge in [0.15, 0.2) is 10.9 Å². The number of hydrogen-bond acceptors (Lipinski definition) is 10. The number of nitrogens with two attached hydrogens (primary N) is 1. The molecule has 1 fully saturated rings. The van der Waals surface area contributed by atoms with Crippen molar-refractivity contribution < 1.29 is 39.1 Å². The van der Waals surface area contributed by atoms with Crippen LogP contribution in [0.1, 0.15) is 13.8 Å². The van der Waals surface area contributed by atoms with E-state index in [2.05, 4.69) is 16.0 Å². The molecule has 0 saturated carbocycles. The van der Waals surface area contributed by atoms with Crippen molar-refractivity contribution in [1.82, 2.24) is 10.6 Å². The van der Waals surface area contributed by atoms with Crippen molar-refractivity contribution in [3.63, 3.8) is 0 Å². The Morgan fingerprint density at radius 2 is 1.74 bits per heavy atom. The molecule has 1 heterocycles. The Labute approximate surface area is 210 Å². The fraction of sp³-hybridized carbons (Fsp3) is 0.636. The quantitative estimate of drug-likeness (QED) is 0.0962. The van der Waals surface area contributed by atoms with Crippen LogP contribution in [-0.4, -0.2) is 103 Å². The molecule has 2 rings (SSSR count). The van der Waals surface area contributed by atoms with Crippen molar-refractivity contribution in [2.75, 3.05) is 57.2 Å². The number of anilines is 2. The fourth-order valence-corrected chi connectivity index (χ4v) is 3.70. The highest BCUT2D eigenvalue weighted by Gasteiger charge is 2.52. The number of nitrogen functional groups attached to an aromatic ring is 1. The standard InChI is InChI=1S/C22H36N4O8S/c1-14(28)25-20-19(30)18(29)17(13-27)34-22(20,2)33-12-11-32-10-9-31-8-7-24-21(35)26-16-5-3-15(23)4-6-16/h3-6,17-20,27,29-30H,7-13,23H2,1-2H3,(H,25,28)(H2,24,26,35)/t17?,18-,19-,20?,22-/m0/s1. The van der Waals surface area contributed by atoms with E-state index in [0.717, 1.165) is 5.69 Å². The molecule has 0 spiro atoms. The Morgan fingerprint density at radius 1 is 1.11 bits per heavy atom. The van der Waals surface area contributed by atoms with Gasteiger partial charge >= 0.3 is 0 Å². The molecule has 0 aliphatic carbocycles. The molecule has 0 radical (unpaired) electrons. The molecule has 198 valence electrons. The molecule has 12 nitrogen and oxygen atoms in total. The van der Waals surface area contributed by atoms with E-state index in [9.17, 15) is 20.1 Å². The van der Waals surface area contributed by atoms with Crippen molar-refractivity contribution in [1.29, 1.82) is 0 Å². The SMILES string of the molecule is CC(=O)NC1[C@@H](O)[C@@H](O)C(CO)O[C@]1(C)OCCOCCOCCNC(=S)Nc1ccc(N)cc1. The first-order chi connectivity index (χ1) is 16.7. The minimum absolute atomic E-state index is 0.0835. The lowest BCUT2D eigenvalue weighted by Crippen LogP contribution is -2.70. The molecule has 13 heteroatoms. The maximum absolute atomic E-state index is 11.5. The maximum Gasteiger partial charge on any atom is 0.217 e. The number of nitrogens with one attached hydrogen (secondary N) is 3. The summed E-state index contributed by atoms with van der Waals surface area (Å²) in [6.07, 6.45) is -3.82. The van der Waals surface area contributed by atoms with Gasteiger partial charge < -0.3 is 56.0 Å². The number of aliphatic hydroxyl groups excluding tert-OH is 3. The van der Waals surface area contributed by atoms with Crippen LogP contribution < -0.4 is 21.7 Å². The van der Waals surface area contributed by atoms with Crippen LogP contribution in [0.5, 0.6) is 0 Å². The largest absolute Gasteiger partial charge is 0.399 e. The van der Waals surface area contributed by atoms with Crippen LogP contribution >= 0.6 is 12.2 Å². The maximum atomic E-state index is 11.5. The monoisotopic (exact) mass is 516 g/mol. The van der Waals surface area contributed by atoms with E-state index >= 15 is 0 Å². The molecule has 2 unspecified atom stereocenters. The molecular formula is C22H36N4O8S. The number of aliphatic hydroxyl groups is 3. The van der Waals surface area contributed by atoms with E-state index in [1.54, 1.807) is 12.1 Å². The lowest BCUT2D eigenvalue weighted by atomic mass is 9.91. The van der Waals surface area contributed by atoms with Gasteiger partial charge in [-0.2, -0.15) is 0 Å². The molecule has 1 aromatic rings. The van der Waals surface area contributed by atoms with Crippen molar-refractivity contribution >= 4 is 34.6 Å². The first kappa shape index (κ1) is 29.1. The van der Waals surface area contributed by atoms with E-state index in [1.807, 2.05) is 12.1 Å². The molecular weight excluding hydrogens is 480 g/mol. The molecule has 1 amide bonds. The second kappa shape index (κ2) is 14.5. The molecule has 1 saturated heterocycles. The van der Waals surface area contributed by atoms with Crippen LogP contribution in [0.4, 0.5) is 11.4 Å². The van der Waals surface area contributed by atoms with Gasteiger partial charge in [-0.05, 0) is 43.4 Å². The lowest BCUT2D eigenvalue weighted by molar-refractivity contribution is -0.329. The number of amides is 1. The number of ether oxygens (including phenoxy) is 4. The number of thiocarbonyl (C=S) groups is 1. The van der Waals surface area contributed by atoms with Crippen molar-refractivity contribution in [3.05, 3.63) is 24.3 Å². The minimum atomic E-state index is -1.47. The van der Waals surface area contributed by atoms with Gasteiger partial charge in [0, 0.05) is 24.8 Å². The number of benzene rings is 1. The third-order valence-electron chi connectivity index (χ3n) is 5.25. The highest BCUT2D eigenvalue weighted by molar-refractivity contribution is 7.80. The summed E-state index contributed by atoms with van der Waals surface area (Å²) in [5.41, 5.74) is 7.16. The van der Waals surface area contributed by atoms with Gasteiger partial charge in [-0.15, -0.1) is 0 Å². The van der Waals surface area contributed by atoms with Crippen LogP contribution in [0.25, 0.3) is 0 Å². The van der Waals surface area contributed by atoms with Crippen LogP contribution in [0.3, 0.4) is 0 Å². The van der Waals surface area contributed by atoms with Crippen LogP contribution in [0.15, 0.2) is 24.3 Å². The number of rotatable bonds is 13. The molecule has 8 N–H and O–H groups in total. The topological polar surface area (TPSA) is 177 Å². The van der Waals surface area contributed by atoms with Gasteiger partial charge in [0.2, 0.25) is 5.91 Å². The Balaban J connectivity index is 1.59. The zero-order valence-corrected chi connectivity index (χ0v) is 20.8. The summed E-state index contributed by atoms with van der Waals surface area (Å²) in [5.74, 6) is -1.89. The minimum Gasteiger partial charge on any atom is -0.399 e. The Hall–Kier alpha value is -2.10. The van der Waals surface area contributed by atoms with Crippen LogP contribution in [0, 0.1) is 0 Å². The average Bonchev–Trinajstić information content (AvgIpc) is 2.82. The van der Waals surface area contributed by atoms with E-state index in [-0.39, 0.29) is 13.2 Å². The second-order valence-corrected chi connectivity index (χ2v) is 8.50. The van der Waals surface area contributed by atoms with Gasteiger partial charge in [0.25, 0.3) is 0 Å². The molecule has 35 heavy (non-hydrogen) atoms. The number of carbonyl (C=O) groups excluding carboxylic acids is 1. The summed E-state index contributed by atoms with van der Waals surface area (Å²) < 4.78 is 22.4. The first-order valence-electron chi connectivity index (χ1n) is 11.3. The van der Waals surface area contributed by atoms with Gasteiger partial charge in [-0.1, -0.05) is 0 Å². The smallest absolute Gasteiger partial charge is 0.217 e. The molecule has 0 aromatic heterocycles. The summed E-state index contributed by atoms with van der Waals surface area (Å²) >= 11 is 5.22. The third-order valence-corrected chi connectivity index (χ3v) is 5.50. The summed E-state index contributed by atoms with van der Waals surface area (Å²) in [5, 5.41) is 39.0. The average molecular weight is 517 g/mol. The third kappa shape index (κ3) is 9.46. The summed E-state index contributed by atoms with van der Waals surface area (Å²) in [6, 6.07) is 6.19. The normalized spacial score (nSPS) is 26.2. The zero-order chi connectivity index (χ0) is 25.8. The predicted octanol–water partition coefficient (Wildman–Crippen LogP) is -1.06. The van der Waals surface area contributed by atoms with Gasteiger partial charge in [-0.3, -0.25) is 4.79 Å². The van der Waals surface area contributed by atoms with Crippen LogP contribution in [0.2, 0.25) is 0 Å². The molecule has 5 atom stereocenters. The van der Waals surface area contributed by atoms with Gasteiger partial charge in [-0.25, -0.2) is 0 Å². The first-order valence-corrected chi connectivity index (χ1v) is 11.7. The fourth-order valence-electron chi connectivity index (χ4n) is 3.48.